The molecule has 1 heterocycles. The third-order valence-corrected chi connectivity index (χ3v) is 1.58. The van der Waals surface area contributed by atoms with Crippen molar-refractivity contribution in [1.29, 1.82) is 0 Å². The zero-order valence-corrected chi connectivity index (χ0v) is 6.58. The maximum Gasteiger partial charge on any atom is 0.199 e. The monoisotopic (exact) mass is 165 g/mol. The Morgan fingerprint density at radius 3 is 2.67 bits per heavy atom. The molecule has 0 aliphatic heterocycles. The summed E-state index contributed by atoms with van der Waals surface area (Å²) in [6, 6.07) is 0. The molecule has 0 aromatic carbocycles. The lowest BCUT2D eigenvalue weighted by molar-refractivity contribution is 1.00. The van der Waals surface area contributed by atoms with Crippen molar-refractivity contribution in [2.24, 2.45) is 5.84 Å². The van der Waals surface area contributed by atoms with E-state index in [2.05, 4.69) is 4.98 Å². The van der Waals surface area contributed by atoms with Gasteiger partial charge in [-0.3, -0.25) is 5.01 Å². The van der Waals surface area contributed by atoms with Crippen LogP contribution in [0.25, 0.3) is 0 Å². The van der Waals surface area contributed by atoms with Crippen LogP contribution in [0.3, 0.4) is 0 Å². The van der Waals surface area contributed by atoms with E-state index < -0.39 is 0 Å². The van der Waals surface area contributed by atoms with Crippen molar-refractivity contribution in [3.05, 3.63) is 11.6 Å². The maximum atomic E-state index is 5.34. The van der Waals surface area contributed by atoms with Crippen LogP contribution in [-0.4, -0.2) is 12.0 Å². The standard InChI is InChI=1S/C4H7N3S.ClH/c1-7(5)4-6-2-3-8-4;/h2-3H,5H2,1H3;1H. The minimum atomic E-state index is 0. The first-order chi connectivity index (χ1) is 3.80. The number of anilines is 1. The predicted octanol–water partition coefficient (Wildman–Crippen LogP) is 0.875. The number of nitrogens with two attached hydrogens (primary N) is 1. The summed E-state index contributed by atoms with van der Waals surface area (Å²) < 4.78 is 0. The van der Waals surface area contributed by atoms with Crippen LogP contribution in [0.5, 0.6) is 0 Å². The van der Waals surface area contributed by atoms with Crippen LogP contribution in [0, 0.1) is 0 Å². The predicted molar refractivity (Wildman–Crippen MR) is 42.0 cm³/mol. The molecular weight excluding hydrogens is 158 g/mol. The van der Waals surface area contributed by atoms with E-state index in [1.165, 1.54) is 16.3 Å². The van der Waals surface area contributed by atoms with Gasteiger partial charge in [0.1, 0.15) is 0 Å². The molecule has 52 valence electrons. The van der Waals surface area contributed by atoms with Crippen LogP contribution in [-0.2, 0) is 0 Å². The zero-order chi connectivity index (χ0) is 5.98. The summed E-state index contributed by atoms with van der Waals surface area (Å²) in [4.78, 5) is 3.94. The summed E-state index contributed by atoms with van der Waals surface area (Å²) in [5.41, 5.74) is 0. The van der Waals surface area contributed by atoms with Crippen molar-refractivity contribution >= 4 is 28.9 Å². The van der Waals surface area contributed by atoms with E-state index in [1.807, 2.05) is 5.38 Å². The number of thiazole rings is 1. The van der Waals surface area contributed by atoms with Crippen LogP contribution >= 0.6 is 23.7 Å². The summed E-state index contributed by atoms with van der Waals surface area (Å²) in [7, 11) is 1.76. The molecule has 0 amide bonds. The van der Waals surface area contributed by atoms with E-state index in [0.29, 0.717) is 0 Å². The lowest BCUT2D eigenvalue weighted by atomic mass is 11.0. The molecule has 1 aromatic rings. The quantitative estimate of drug-likeness (QED) is 0.496. The van der Waals surface area contributed by atoms with Crippen molar-refractivity contribution in [3.8, 4) is 0 Å². The van der Waals surface area contributed by atoms with Gasteiger partial charge in [0.2, 0.25) is 0 Å². The van der Waals surface area contributed by atoms with Gasteiger partial charge < -0.3 is 0 Å². The Labute approximate surface area is 63.9 Å². The third-order valence-electron chi connectivity index (χ3n) is 0.721. The molecule has 0 aliphatic rings. The van der Waals surface area contributed by atoms with Gasteiger partial charge >= 0.3 is 0 Å². The molecule has 1 aromatic heterocycles. The molecule has 0 atom stereocenters. The number of hydrazine groups is 1. The van der Waals surface area contributed by atoms with E-state index in [4.69, 9.17) is 5.84 Å². The van der Waals surface area contributed by atoms with Crippen molar-refractivity contribution in [3.63, 3.8) is 0 Å². The van der Waals surface area contributed by atoms with Gasteiger partial charge in [0, 0.05) is 18.6 Å². The topological polar surface area (TPSA) is 42.1 Å². The fourth-order valence-electron chi connectivity index (χ4n) is 0.390. The average Bonchev–Trinajstić information content (AvgIpc) is 2.12. The molecular formula is C4H8ClN3S. The van der Waals surface area contributed by atoms with E-state index in [1.54, 1.807) is 13.2 Å². The number of rotatable bonds is 1. The molecule has 5 heteroatoms. The molecule has 0 unspecified atom stereocenters. The maximum absolute atomic E-state index is 5.34. The number of halogens is 1. The lowest BCUT2D eigenvalue weighted by Gasteiger charge is -2.04. The molecule has 2 N–H and O–H groups in total. The van der Waals surface area contributed by atoms with Gasteiger partial charge in [-0.05, 0) is 0 Å². The molecule has 1 rings (SSSR count). The first-order valence-corrected chi connectivity index (χ1v) is 3.06. The van der Waals surface area contributed by atoms with Crippen molar-refractivity contribution in [1.82, 2.24) is 4.98 Å². The molecule has 0 bridgehead atoms. The SMILES string of the molecule is CN(N)c1nccs1.Cl. The minimum absolute atomic E-state index is 0. The number of aromatic nitrogens is 1. The molecule has 0 saturated carbocycles. The second-order valence-electron chi connectivity index (χ2n) is 1.43. The highest BCUT2D eigenvalue weighted by Crippen LogP contribution is 2.11. The first-order valence-electron chi connectivity index (χ1n) is 2.18. The van der Waals surface area contributed by atoms with Crippen LogP contribution in [0.15, 0.2) is 11.6 Å². The Morgan fingerprint density at radius 2 is 2.44 bits per heavy atom. The Balaban J connectivity index is 0.000000640. The van der Waals surface area contributed by atoms with E-state index >= 15 is 0 Å². The van der Waals surface area contributed by atoms with E-state index in [-0.39, 0.29) is 12.4 Å². The Bertz CT molecular complexity index is 151. The van der Waals surface area contributed by atoms with Gasteiger partial charge in [-0.2, -0.15) is 0 Å². The number of hydrogen-bond donors (Lipinski definition) is 1. The van der Waals surface area contributed by atoms with Crippen LogP contribution in [0.2, 0.25) is 0 Å². The summed E-state index contributed by atoms with van der Waals surface area (Å²) in [6.45, 7) is 0. The van der Waals surface area contributed by atoms with E-state index in [0.717, 1.165) is 5.13 Å². The van der Waals surface area contributed by atoms with Crippen molar-refractivity contribution in [2.75, 3.05) is 12.1 Å². The molecule has 0 aliphatic carbocycles. The molecule has 0 spiro atoms. The summed E-state index contributed by atoms with van der Waals surface area (Å²) in [5.74, 6) is 5.34. The minimum Gasteiger partial charge on any atom is -0.289 e. The van der Waals surface area contributed by atoms with Gasteiger partial charge in [-0.15, -0.1) is 23.7 Å². The first kappa shape index (κ1) is 8.68. The van der Waals surface area contributed by atoms with Gasteiger partial charge in [-0.1, -0.05) is 0 Å². The Hall–Kier alpha value is -0.320. The van der Waals surface area contributed by atoms with Gasteiger partial charge in [0.25, 0.3) is 0 Å². The Morgan fingerprint density at radius 1 is 1.78 bits per heavy atom. The van der Waals surface area contributed by atoms with Gasteiger partial charge in [0.15, 0.2) is 5.13 Å². The zero-order valence-electron chi connectivity index (χ0n) is 4.94. The molecule has 0 radical (unpaired) electrons. The Kier molecular flexibility index (Phi) is 3.53. The fourth-order valence-corrected chi connectivity index (χ4v) is 0.922. The van der Waals surface area contributed by atoms with Crippen LogP contribution < -0.4 is 10.9 Å². The largest absolute Gasteiger partial charge is 0.289 e. The number of hydrogen-bond acceptors (Lipinski definition) is 4. The normalized spacial score (nSPS) is 8.22. The second-order valence-corrected chi connectivity index (χ2v) is 2.30. The lowest BCUT2D eigenvalue weighted by Crippen LogP contribution is -2.24. The second kappa shape index (κ2) is 3.66. The molecule has 9 heavy (non-hydrogen) atoms. The van der Waals surface area contributed by atoms with Crippen LogP contribution in [0.1, 0.15) is 0 Å². The third kappa shape index (κ3) is 2.17. The van der Waals surface area contributed by atoms with Crippen molar-refractivity contribution < 1.29 is 0 Å². The van der Waals surface area contributed by atoms with Gasteiger partial charge in [-0.25, -0.2) is 10.8 Å². The smallest absolute Gasteiger partial charge is 0.199 e. The van der Waals surface area contributed by atoms with Crippen molar-refractivity contribution in [2.45, 2.75) is 0 Å². The average molecular weight is 166 g/mol. The fraction of sp³-hybridized carbons (Fsp3) is 0.250. The molecule has 0 fully saturated rings. The van der Waals surface area contributed by atoms with Gasteiger partial charge in [0.05, 0.1) is 0 Å². The summed E-state index contributed by atoms with van der Waals surface area (Å²) in [5, 5.41) is 4.22. The summed E-state index contributed by atoms with van der Waals surface area (Å²) in [6.07, 6.45) is 1.73. The highest BCUT2D eigenvalue weighted by atomic mass is 35.5. The molecule has 3 nitrogen and oxygen atoms in total. The highest BCUT2D eigenvalue weighted by Gasteiger charge is 1.93. The highest BCUT2D eigenvalue weighted by molar-refractivity contribution is 7.13. The van der Waals surface area contributed by atoms with E-state index in [9.17, 15) is 0 Å². The number of nitrogens with zero attached hydrogens (tertiary/aromatic N) is 2. The van der Waals surface area contributed by atoms with Crippen LogP contribution in [0.4, 0.5) is 5.13 Å². The molecule has 0 saturated heterocycles. The summed E-state index contributed by atoms with van der Waals surface area (Å²) >= 11 is 1.52.